The summed E-state index contributed by atoms with van der Waals surface area (Å²) in [7, 11) is 0. The molecule has 0 bridgehead atoms. The van der Waals surface area contributed by atoms with Crippen molar-refractivity contribution in [3.05, 3.63) is 17.3 Å². The summed E-state index contributed by atoms with van der Waals surface area (Å²) in [5.41, 5.74) is 6.28. The maximum absolute atomic E-state index is 9.21. The number of halogens is 1. The van der Waals surface area contributed by atoms with Crippen LogP contribution in [0.1, 0.15) is 20.3 Å². The Hall–Kier alpha value is -1.00. The predicted molar refractivity (Wildman–Crippen MR) is 63.0 cm³/mol. The maximum Gasteiger partial charge on any atom is 0.151 e. The van der Waals surface area contributed by atoms with Gasteiger partial charge in [-0.25, -0.2) is 4.98 Å². The quantitative estimate of drug-likeness (QED) is 0.690. The van der Waals surface area contributed by atoms with Gasteiger partial charge in [0.2, 0.25) is 0 Å². The van der Waals surface area contributed by atoms with Gasteiger partial charge in [-0.15, -0.1) is 0 Å². The monoisotopic (exact) mass is 229 g/mol. The number of hydrogen-bond donors (Lipinski definition) is 3. The third-order valence-corrected chi connectivity index (χ3v) is 2.18. The lowest BCUT2D eigenvalue weighted by Gasteiger charge is -2.17. The standard InChI is InChI=1S/C10H16ClN3O/c1-6(5-7(2)15)13-10-8(12)3-4-9(11)14-10/h3-4,6-7,15H,5,12H2,1-2H3,(H,13,14). The first-order valence-corrected chi connectivity index (χ1v) is 5.23. The summed E-state index contributed by atoms with van der Waals surface area (Å²) < 4.78 is 0. The zero-order chi connectivity index (χ0) is 11.4. The zero-order valence-corrected chi connectivity index (χ0v) is 9.62. The second-order valence-electron chi connectivity index (χ2n) is 3.70. The Morgan fingerprint density at radius 1 is 1.53 bits per heavy atom. The molecule has 0 aliphatic carbocycles. The number of nitrogens with two attached hydrogens (primary N) is 1. The predicted octanol–water partition coefficient (Wildman–Crippen LogP) is 1.89. The smallest absolute Gasteiger partial charge is 0.151 e. The molecule has 0 aliphatic heterocycles. The van der Waals surface area contributed by atoms with E-state index in [9.17, 15) is 5.11 Å². The van der Waals surface area contributed by atoms with E-state index in [2.05, 4.69) is 10.3 Å². The summed E-state index contributed by atoms with van der Waals surface area (Å²) >= 11 is 5.75. The highest BCUT2D eigenvalue weighted by molar-refractivity contribution is 6.29. The molecule has 1 aromatic heterocycles. The average Bonchev–Trinajstić information content (AvgIpc) is 2.10. The van der Waals surface area contributed by atoms with E-state index in [1.54, 1.807) is 19.1 Å². The van der Waals surface area contributed by atoms with Gasteiger partial charge in [0.05, 0.1) is 11.8 Å². The summed E-state index contributed by atoms with van der Waals surface area (Å²) in [4.78, 5) is 4.07. The summed E-state index contributed by atoms with van der Waals surface area (Å²) in [5.74, 6) is 0.565. The number of anilines is 2. The van der Waals surface area contributed by atoms with Gasteiger partial charge in [0.15, 0.2) is 5.82 Å². The summed E-state index contributed by atoms with van der Waals surface area (Å²) in [6.45, 7) is 3.70. The Labute approximate surface area is 94.5 Å². The van der Waals surface area contributed by atoms with Crippen molar-refractivity contribution in [1.29, 1.82) is 0 Å². The average molecular weight is 230 g/mol. The fourth-order valence-electron chi connectivity index (χ4n) is 1.37. The highest BCUT2D eigenvalue weighted by Crippen LogP contribution is 2.19. The summed E-state index contributed by atoms with van der Waals surface area (Å²) in [6, 6.07) is 3.44. The molecule has 2 unspecified atom stereocenters. The molecule has 0 spiro atoms. The number of aromatic nitrogens is 1. The number of aliphatic hydroxyl groups is 1. The van der Waals surface area contributed by atoms with E-state index in [4.69, 9.17) is 17.3 Å². The van der Waals surface area contributed by atoms with Crippen molar-refractivity contribution in [3.63, 3.8) is 0 Å². The molecule has 5 heteroatoms. The topological polar surface area (TPSA) is 71.2 Å². The Kier molecular flexibility index (Phi) is 4.17. The third-order valence-electron chi connectivity index (χ3n) is 1.97. The van der Waals surface area contributed by atoms with E-state index in [1.165, 1.54) is 0 Å². The number of nitrogens with zero attached hydrogens (tertiary/aromatic N) is 1. The van der Waals surface area contributed by atoms with Gasteiger partial charge >= 0.3 is 0 Å². The van der Waals surface area contributed by atoms with Crippen LogP contribution in [-0.2, 0) is 0 Å². The van der Waals surface area contributed by atoms with Gasteiger partial charge in [0.25, 0.3) is 0 Å². The normalized spacial score (nSPS) is 14.7. The van der Waals surface area contributed by atoms with Crippen LogP contribution in [-0.4, -0.2) is 22.2 Å². The molecule has 1 heterocycles. The Balaban J connectivity index is 2.67. The number of rotatable bonds is 4. The first-order chi connectivity index (χ1) is 6.99. The molecule has 84 valence electrons. The van der Waals surface area contributed by atoms with Crippen LogP contribution in [0.4, 0.5) is 11.5 Å². The number of aliphatic hydroxyl groups excluding tert-OH is 1. The van der Waals surface area contributed by atoms with Crippen LogP contribution < -0.4 is 11.1 Å². The van der Waals surface area contributed by atoms with Crippen molar-refractivity contribution in [2.45, 2.75) is 32.4 Å². The van der Waals surface area contributed by atoms with Gasteiger partial charge < -0.3 is 16.2 Å². The maximum atomic E-state index is 9.21. The molecule has 0 amide bonds. The molecular formula is C10H16ClN3O. The van der Waals surface area contributed by atoms with Crippen molar-refractivity contribution < 1.29 is 5.11 Å². The molecule has 0 saturated carbocycles. The van der Waals surface area contributed by atoms with Gasteiger partial charge in [-0.2, -0.15) is 0 Å². The molecule has 0 aromatic carbocycles. The molecule has 4 nitrogen and oxygen atoms in total. The van der Waals surface area contributed by atoms with Crippen LogP contribution in [0.3, 0.4) is 0 Å². The molecule has 0 fully saturated rings. The molecule has 0 aliphatic rings. The van der Waals surface area contributed by atoms with Gasteiger partial charge in [-0.05, 0) is 32.4 Å². The van der Waals surface area contributed by atoms with Crippen molar-refractivity contribution >= 4 is 23.1 Å². The van der Waals surface area contributed by atoms with E-state index < -0.39 is 0 Å². The lowest BCUT2D eigenvalue weighted by atomic mass is 10.1. The summed E-state index contributed by atoms with van der Waals surface area (Å²) in [6.07, 6.45) is 0.279. The Morgan fingerprint density at radius 3 is 2.80 bits per heavy atom. The molecular weight excluding hydrogens is 214 g/mol. The highest BCUT2D eigenvalue weighted by atomic mass is 35.5. The molecule has 4 N–H and O–H groups in total. The number of nitrogen functional groups attached to an aromatic ring is 1. The van der Waals surface area contributed by atoms with Crippen LogP contribution in [0, 0.1) is 0 Å². The molecule has 15 heavy (non-hydrogen) atoms. The number of hydrogen-bond acceptors (Lipinski definition) is 4. The number of pyridine rings is 1. The molecule has 0 saturated heterocycles. The van der Waals surface area contributed by atoms with Crippen LogP contribution >= 0.6 is 11.6 Å². The van der Waals surface area contributed by atoms with E-state index >= 15 is 0 Å². The second-order valence-corrected chi connectivity index (χ2v) is 4.09. The van der Waals surface area contributed by atoms with Crippen molar-refractivity contribution in [2.24, 2.45) is 0 Å². The van der Waals surface area contributed by atoms with E-state index in [1.807, 2.05) is 6.92 Å². The van der Waals surface area contributed by atoms with Crippen LogP contribution in [0.25, 0.3) is 0 Å². The minimum Gasteiger partial charge on any atom is -0.396 e. The van der Waals surface area contributed by atoms with Crippen LogP contribution in [0.5, 0.6) is 0 Å². The number of nitrogens with one attached hydrogen (secondary N) is 1. The third kappa shape index (κ3) is 3.93. The molecule has 2 atom stereocenters. The van der Waals surface area contributed by atoms with Crippen LogP contribution in [0.2, 0.25) is 5.15 Å². The SMILES string of the molecule is CC(O)CC(C)Nc1nc(Cl)ccc1N. The van der Waals surface area contributed by atoms with E-state index in [0.717, 1.165) is 0 Å². The zero-order valence-electron chi connectivity index (χ0n) is 8.87. The fourth-order valence-corrected chi connectivity index (χ4v) is 1.51. The van der Waals surface area contributed by atoms with E-state index in [0.29, 0.717) is 23.1 Å². The fraction of sp³-hybridized carbons (Fsp3) is 0.500. The highest BCUT2D eigenvalue weighted by Gasteiger charge is 2.09. The van der Waals surface area contributed by atoms with Gasteiger partial charge in [-0.1, -0.05) is 11.6 Å². The Morgan fingerprint density at radius 2 is 2.20 bits per heavy atom. The molecule has 0 radical (unpaired) electrons. The molecule has 1 rings (SSSR count). The minimum atomic E-state index is -0.354. The summed E-state index contributed by atoms with van der Waals surface area (Å²) in [5, 5.41) is 12.7. The van der Waals surface area contributed by atoms with Gasteiger partial charge in [-0.3, -0.25) is 0 Å². The van der Waals surface area contributed by atoms with Crippen molar-refractivity contribution in [2.75, 3.05) is 11.1 Å². The first kappa shape index (κ1) is 12.1. The first-order valence-electron chi connectivity index (χ1n) is 4.85. The van der Waals surface area contributed by atoms with Crippen LogP contribution in [0.15, 0.2) is 12.1 Å². The van der Waals surface area contributed by atoms with Gasteiger partial charge in [0, 0.05) is 6.04 Å². The van der Waals surface area contributed by atoms with Crippen molar-refractivity contribution in [3.8, 4) is 0 Å². The van der Waals surface area contributed by atoms with Crippen molar-refractivity contribution in [1.82, 2.24) is 4.98 Å². The van der Waals surface area contributed by atoms with E-state index in [-0.39, 0.29) is 12.1 Å². The largest absolute Gasteiger partial charge is 0.396 e. The second kappa shape index (κ2) is 5.19. The molecule has 1 aromatic rings. The van der Waals surface area contributed by atoms with Gasteiger partial charge in [0.1, 0.15) is 5.15 Å². The lowest BCUT2D eigenvalue weighted by molar-refractivity contribution is 0.179. The Bertz CT molecular complexity index is 330. The lowest BCUT2D eigenvalue weighted by Crippen LogP contribution is -2.21. The minimum absolute atomic E-state index is 0.0956.